The summed E-state index contributed by atoms with van der Waals surface area (Å²) in [6.45, 7) is 0.939. The van der Waals surface area contributed by atoms with Gasteiger partial charge in [-0.1, -0.05) is 41.9 Å². The van der Waals surface area contributed by atoms with Gasteiger partial charge < -0.3 is 5.73 Å². The second kappa shape index (κ2) is 4.78. The molecule has 1 aliphatic carbocycles. The van der Waals surface area contributed by atoms with Crippen LogP contribution in [-0.2, 0) is 6.54 Å². The molecule has 1 aromatic heterocycles. The van der Waals surface area contributed by atoms with E-state index < -0.39 is 0 Å². The molecule has 3 nitrogen and oxygen atoms in total. The van der Waals surface area contributed by atoms with E-state index >= 15 is 0 Å². The number of nitrogen functional groups attached to an aromatic ring is 1. The zero-order valence-corrected chi connectivity index (χ0v) is 12.3. The van der Waals surface area contributed by atoms with Crippen molar-refractivity contribution in [2.24, 2.45) is 5.92 Å². The van der Waals surface area contributed by atoms with E-state index in [9.17, 15) is 0 Å². The van der Waals surface area contributed by atoms with E-state index in [0.29, 0.717) is 5.82 Å². The lowest BCUT2D eigenvalue weighted by atomic mass is 10.0. The molecule has 4 rings (SSSR count). The monoisotopic (exact) mass is 297 g/mol. The van der Waals surface area contributed by atoms with E-state index in [-0.39, 0.29) is 0 Å². The summed E-state index contributed by atoms with van der Waals surface area (Å²) in [6, 6.07) is 14.2. The van der Waals surface area contributed by atoms with Crippen molar-refractivity contribution < 1.29 is 0 Å². The average molecular weight is 298 g/mol. The van der Waals surface area contributed by atoms with Gasteiger partial charge in [0.25, 0.3) is 0 Å². The van der Waals surface area contributed by atoms with Gasteiger partial charge in [-0.25, -0.2) is 0 Å². The molecule has 1 aliphatic rings. The summed E-state index contributed by atoms with van der Waals surface area (Å²) in [6.07, 6.45) is 2.58. The summed E-state index contributed by atoms with van der Waals surface area (Å²) in [5.74, 6) is 1.33. The Hall–Kier alpha value is -2.00. The number of hydrogen-bond acceptors (Lipinski definition) is 2. The van der Waals surface area contributed by atoms with Crippen LogP contribution in [0.25, 0.3) is 22.0 Å². The van der Waals surface area contributed by atoms with Crippen LogP contribution in [0.3, 0.4) is 0 Å². The number of halogens is 1. The molecule has 2 N–H and O–H groups in total. The van der Waals surface area contributed by atoms with Gasteiger partial charge in [0, 0.05) is 17.5 Å². The number of fused-ring (bicyclic) bond motifs is 1. The zero-order valence-electron chi connectivity index (χ0n) is 11.6. The lowest BCUT2D eigenvalue weighted by Crippen LogP contribution is -2.02. The lowest BCUT2D eigenvalue weighted by molar-refractivity contribution is 0.582. The van der Waals surface area contributed by atoms with Crippen LogP contribution < -0.4 is 5.73 Å². The van der Waals surface area contributed by atoms with Crippen molar-refractivity contribution in [1.82, 2.24) is 9.78 Å². The molecule has 0 spiro atoms. The molecule has 1 fully saturated rings. The minimum atomic E-state index is 0.583. The Kier molecular flexibility index (Phi) is 2.89. The number of anilines is 1. The number of hydrogen-bond donors (Lipinski definition) is 1. The van der Waals surface area contributed by atoms with Gasteiger partial charge in [0.1, 0.15) is 0 Å². The van der Waals surface area contributed by atoms with E-state index in [1.807, 2.05) is 28.9 Å². The predicted octanol–water partition coefficient (Wildman–Crippen LogP) is 4.35. The maximum absolute atomic E-state index is 6.49. The number of aromatic nitrogens is 2. The first-order valence-corrected chi connectivity index (χ1v) is 7.61. The zero-order chi connectivity index (χ0) is 14.4. The molecule has 21 heavy (non-hydrogen) atoms. The molecule has 3 aromatic rings. The summed E-state index contributed by atoms with van der Waals surface area (Å²) in [7, 11) is 0. The van der Waals surface area contributed by atoms with Crippen molar-refractivity contribution in [3.8, 4) is 11.1 Å². The second-order valence-electron chi connectivity index (χ2n) is 5.73. The highest BCUT2D eigenvalue weighted by molar-refractivity contribution is 6.34. The maximum atomic E-state index is 6.49. The SMILES string of the molecule is Nc1nn(CC2CC2)c2cc(Cl)c(-c3ccccc3)cc12. The van der Waals surface area contributed by atoms with Crippen LogP contribution in [0, 0.1) is 5.92 Å². The molecule has 2 aromatic carbocycles. The fourth-order valence-electron chi connectivity index (χ4n) is 2.74. The molecule has 1 saturated carbocycles. The van der Waals surface area contributed by atoms with E-state index in [1.54, 1.807) is 0 Å². The summed E-state index contributed by atoms with van der Waals surface area (Å²) in [4.78, 5) is 0. The van der Waals surface area contributed by atoms with Crippen LogP contribution in [-0.4, -0.2) is 9.78 Å². The van der Waals surface area contributed by atoms with Crippen molar-refractivity contribution >= 4 is 28.3 Å². The fourth-order valence-corrected chi connectivity index (χ4v) is 3.01. The van der Waals surface area contributed by atoms with Gasteiger partial charge in [-0.15, -0.1) is 0 Å². The Morgan fingerprint density at radius 1 is 1.19 bits per heavy atom. The van der Waals surface area contributed by atoms with Crippen LogP contribution >= 0.6 is 11.6 Å². The molecule has 0 atom stereocenters. The van der Waals surface area contributed by atoms with Crippen molar-refractivity contribution in [3.63, 3.8) is 0 Å². The Bertz CT molecular complexity index is 804. The van der Waals surface area contributed by atoms with Crippen LogP contribution in [0.15, 0.2) is 42.5 Å². The average Bonchev–Trinajstić information content (AvgIpc) is 3.26. The van der Waals surface area contributed by atoms with Crippen molar-refractivity contribution in [3.05, 3.63) is 47.5 Å². The normalized spacial score (nSPS) is 14.7. The van der Waals surface area contributed by atoms with Gasteiger partial charge in [0.2, 0.25) is 0 Å². The molecule has 1 heterocycles. The first kappa shape index (κ1) is 12.7. The third kappa shape index (κ3) is 2.28. The van der Waals surface area contributed by atoms with Gasteiger partial charge in [0.15, 0.2) is 5.82 Å². The lowest BCUT2D eigenvalue weighted by Gasteiger charge is -2.07. The summed E-state index contributed by atoms with van der Waals surface area (Å²) in [5, 5.41) is 6.21. The Labute approximate surface area is 128 Å². The van der Waals surface area contributed by atoms with Crippen LogP contribution in [0.5, 0.6) is 0 Å². The van der Waals surface area contributed by atoms with Gasteiger partial charge in [-0.2, -0.15) is 5.10 Å². The molecular formula is C17H16ClN3. The van der Waals surface area contributed by atoms with Crippen LogP contribution in [0.4, 0.5) is 5.82 Å². The molecule has 4 heteroatoms. The van der Waals surface area contributed by atoms with E-state index in [2.05, 4.69) is 23.3 Å². The molecule has 0 unspecified atom stereocenters. The van der Waals surface area contributed by atoms with Crippen LogP contribution in [0.1, 0.15) is 12.8 Å². The number of nitrogens with zero attached hydrogens (tertiary/aromatic N) is 2. The molecular weight excluding hydrogens is 282 g/mol. The Morgan fingerprint density at radius 3 is 2.67 bits per heavy atom. The molecule has 0 bridgehead atoms. The third-order valence-corrected chi connectivity index (χ3v) is 4.39. The second-order valence-corrected chi connectivity index (χ2v) is 6.13. The van der Waals surface area contributed by atoms with Gasteiger partial charge in [0.05, 0.1) is 10.5 Å². The third-order valence-electron chi connectivity index (χ3n) is 4.08. The highest BCUT2D eigenvalue weighted by Crippen LogP contribution is 2.36. The first-order chi connectivity index (χ1) is 10.2. The number of benzene rings is 2. The highest BCUT2D eigenvalue weighted by atomic mass is 35.5. The summed E-state index contributed by atoms with van der Waals surface area (Å²) >= 11 is 6.49. The first-order valence-electron chi connectivity index (χ1n) is 7.23. The summed E-state index contributed by atoms with van der Waals surface area (Å²) in [5.41, 5.74) is 9.23. The molecule has 106 valence electrons. The summed E-state index contributed by atoms with van der Waals surface area (Å²) < 4.78 is 2.00. The minimum absolute atomic E-state index is 0.583. The van der Waals surface area contributed by atoms with Crippen molar-refractivity contribution in [2.75, 3.05) is 5.73 Å². The van der Waals surface area contributed by atoms with Gasteiger partial charge in [-0.05, 0) is 36.5 Å². The van der Waals surface area contributed by atoms with Crippen LogP contribution in [0.2, 0.25) is 5.02 Å². The minimum Gasteiger partial charge on any atom is -0.382 e. The van der Waals surface area contributed by atoms with E-state index in [4.69, 9.17) is 17.3 Å². The molecule has 0 amide bonds. The fraction of sp³-hybridized carbons (Fsp3) is 0.235. The predicted molar refractivity (Wildman–Crippen MR) is 87.3 cm³/mol. The number of rotatable bonds is 3. The van der Waals surface area contributed by atoms with Gasteiger partial charge >= 0.3 is 0 Å². The Balaban J connectivity index is 1.87. The topological polar surface area (TPSA) is 43.8 Å². The molecule has 0 saturated heterocycles. The number of nitrogens with two attached hydrogens (primary N) is 1. The molecule has 0 aliphatic heterocycles. The molecule has 0 radical (unpaired) electrons. The largest absolute Gasteiger partial charge is 0.382 e. The van der Waals surface area contributed by atoms with E-state index in [1.165, 1.54) is 12.8 Å². The highest BCUT2D eigenvalue weighted by Gasteiger charge is 2.23. The standard InChI is InChI=1S/C17H16ClN3/c18-15-9-16-14(8-13(15)12-4-2-1-3-5-12)17(19)20-21(16)10-11-6-7-11/h1-5,8-9,11H,6-7,10H2,(H2,19,20). The quantitative estimate of drug-likeness (QED) is 0.781. The maximum Gasteiger partial charge on any atom is 0.153 e. The van der Waals surface area contributed by atoms with Crippen molar-refractivity contribution in [2.45, 2.75) is 19.4 Å². The van der Waals surface area contributed by atoms with Gasteiger partial charge in [-0.3, -0.25) is 4.68 Å². The van der Waals surface area contributed by atoms with E-state index in [0.717, 1.165) is 39.5 Å². The van der Waals surface area contributed by atoms with Crippen molar-refractivity contribution in [1.29, 1.82) is 0 Å². The smallest absolute Gasteiger partial charge is 0.153 e. The Morgan fingerprint density at radius 2 is 1.95 bits per heavy atom.